The lowest BCUT2D eigenvalue weighted by atomic mass is 9.82. The minimum absolute atomic E-state index is 0.911. The Balaban J connectivity index is 1.81. The Morgan fingerprint density at radius 1 is 1.47 bits per heavy atom. The first kappa shape index (κ1) is 11.0. The SMILES string of the molecule is C#CCCC[C@@H]1C[C@@H](C)[C@@H]2CCCN2C1. The van der Waals surface area contributed by atoms with Crippen molar-refractivity contribution < 1.29 is 0 Å². The lowest BCUT2D eigenvalue weighted by Gasteiger charge is -2.39. The molecule has 0 radical (unpaired) electrons. The van der Waals surface area contributed by atoms with Crippen molar-refractivity contribution in [3.05, 3.63) is 0 Å². The van der Waals surface area contributed by atoms with Crippen molar-refractivity contribution >= 4 is 0 Å². The maximum absolute atomic E-state index is 5.30. The summed E-state index contributed by atoms with van der Waals surface area (Å²) in [7, 11) is 0. The molecule has 2 saturated heterocycles. The Labute approximate surface area is 94.2 Å². The first-order chi connectivity index (χ1) is 7.31. The average Bonchev–Trinajstić information content (AvgIpc) is 2.66. The van der Waals surface area contributed by atoms with Crippen molar-refractivity contribution in [2.45, 2.75) is 51.5 Å². The standard InChI is InChI=1S/C14H23N/c1-3-4-5-7-13-10-12(2)14-8-6-9-15(14)11-13/h1,12-14H,4-11H2,2H3/t12-,13-,14+/m1/s1. The van der Waals surface area contributed by atoms with Gasteiger partial charge in [0.05, 0.1) is 0 Å². The van der Waals surface area contributed by atoms with Crippen LogP contribution in [-0.4, -0.2) is 24.0 Å². The molecular formula is C14H23N. The zero-order chi connectivity index (χ0) is 10.7. The number of terminal acetylenes is 1. The third-order valence-corrected chi connectivity index (χ3v) is 4.20. The Morgan fingerprint density at radius 3 is 3.13 bits per heavy atom. The largest absolute Gasteiger partial charge is 0.300 e. The predicted octanol–water partition coefficient (Wildman–Crippen LogP) is 2.91. The van der Waals surface area contributed by atoms with Gasteiger partial charge in [-0.1, -0.05) is 6.92 Å². The van der Waals surface area contributed by atoms with Gasteiger partial charge in [-0.2, -0.15) is 0 Å². The van der Waals surface area contributed by atoms with Gasteiger partial charge < -0.3 is 0 Å². The van der Waals surface area contributed by atoms with E-state index in [0.29, 0.717) is 0 Å². The van der Waals surface area contributed by atoms with E-state index < -0.39 is 0 Å². The van der Waals surface area contributed by atoms with Crippen LogP contribution in [0.3, 0.4) is 0 Å². The summed E-state index contributed by atoms with van der Waals surface area (Å²) < 4.78 is 0. The van der Waals surface area contributed by atoms with Crippen LogP contribution in [0, 0.1) is 24.2 Å². The number of hydrogen-bond acceptors (Lipinski definition) is 1. The molecule has 0 aromatic heterocycles. The van der Waals surface area contributed by atoms with Crippen molar-refractivity contribution in [1.29, 1.82) is 0 Å². The minimum atomic E-state index is 0.911. The summed E-state index contributed by atoms with van der Waals surface area (Å²) in [6.45, 7) is 5.14. The zero-order valence-electron chi connectivity index (χ0n) is 9.91. The van der Waals surface area contributed by atoms with Crippen molar-refractivity contribution in [1.82, 2.24) is 4.90 Å². The Bertz CT molecular complexity index is 240. The van der Waals surface area contributed by atoms with Crippen LogP contribution in [0.15, 0.2) is 0 Å². The molecular weight excluding hydrogens is 182 g/mol. The van der Waals surface area contributed by atoms with E-state index in [4.69, 9.17) is 6.42 Å². The van der Waals surface area contributed by atoms with Crippen LogP contribution in [-0.2, 0) is 0 Å². The fraction of sp³-hybridized carbons (Fsp3) is 0.857. The number of nitrogens with zero attached hydrogens (tertiary/aromatic N) is 1. The van der Waals surface area contributed by atoms with Crippen molar-refractivity contribution in [2.75, 3.05) is 13.1 Å². The molecule has 0 aromatic carbocycles. The second-order valence-electron chi connectivity index (χ2n) is 5.38. The molecule has 2 rings (SSSR count). The van der Waals surface area contributed by atoms with Gasteiger partial charge in [-0.25, -0.2) is 0 Å². The molecule has 0 N–H and O–H groups in total. The van der Waals surface area contributed by atoms with Crippen LogP contribution in [0.5, 0.6) is 0 Å². The van der Waals surface area contributed by atoms with E-state index in [0.717, 1.165) is 24.3 Å². The minimum Gasteiger partial charge on any atom is -0.300 e. The van der Waals surface area contributed by atoms with Gasteiger partial charge in [-0.05, 0) is 50.5 Å². The van der Waals surface area contributed by atoms with Crippen LogP contribution in [0.1, 0.15) is 45.4 Å². The Morgan fingerprint density at radius 2 is 2.33 bits per heavy atom. The summed E-state index contributed by atoms with van der Waals surface area (Å²) in [6, 6.07) is 0.911. The zero-order valence-corrected chi connectivity index (χ0v) is 9.91. The molecule has 0 saturated carbocycles. The van der Waals surface area contributed by atoms with Gasteiger partial charge in [0.15, 0.2) is 0 Å². The average molecular weight is 205 g/mol. The lowest BCUT2D eigenvalue weighted by molar-refractivity contribution is 0.0932. The second kappa shape index (κ2) is 5.03. The summed E-state index contributed by atoms with van der Waals surface area (Å²) in [5, 5.41) is 0. The molecule has 2 aliphatic rings. The van der Waals surface area contributed by atoms with Crippen LogP contribution >= 0.6 is 0 Å². The van der Waals surface area contributed by atoms with E-state index in [2.05, 4.69) is 17.7 Å². The van der Waals surface area contributed by atoms with Gasteiger partial charge in [0.1, 0.15) is 0 Å². The van der Waals surface area contributed by atoms with E-state index in [-0.39, 0.29) is 0 Å². The fourth-order valence-electron chi connectivity index (χ4n) is 3.51. The molecule has 0 amide bonds. The summed E-state index contributed by atoms with van der Waals surface area (Å²) in [5.74, 6) is 4.58. The number of piperidine rings is 1. The number of unbranched alkanes of at least 4 members (excludes halogenated alkanes) is 1. The Hall–Kier alpha value is -0.480. The maximum Gasteiger partial charge on any atom is 0.0122 e. The first-order valence-corrected chi connectivity index (χ1v) is 6.48. The van der Waals surface area contributed by atoms with Crippen molar-refractivity contribution in [3.63, 3.8) is 0 Å². The van der Waals surface area contributed by atoms with Crippen LogP contribution in [0.4, 0.5) is 0 Å². The maximum atomic E-state index is 5.30. The van der Waals surface area contributed by atoms with Gasteiger partial charge in [-0.15, -0.1) is 12.3 Å². The second-order valence-corrected chi connectivity index (χ2v) is 5.38. The molecule has 2 aliphatic heterocycles. The monoisotopic (exact) mass is 205 g/mol. The molecule has 0 unspecified atom stereocenters. The first-order valence-electron chi connectivity index (χ1n) is 6.48. The van der Waals surface area contributed by atoms with E-state index in [1.807, 2.05) is 0 Å². The smallest absolute Gasteiger partial charge is 0.0122 e. The molecule has 0 spiro atoms. The summed E-state index contributed by atoms with van der Waals surface area (Å²) in [5.41, 5.74) is 0. The summed E-state index contributed by atoms with van der Waals surface area (Å²) in [4.78, 5) is 2.73. The molecule has 15 heavy (non-hydrogen) atoms. The fourth-order valence-corrected chi connectivity index (χ4v) is 3.51. The number of rotatable bonds is 3. The lowest BCUT2D eigenvalue weighted by Crippen LogP contribution is -2.43. The van der Waals surface area contributed by atoms with Crippen LogP contribution in [0.2, 0.25) is 0 Å². The molecule has 0 aromatic rings. The molecule has 2 fully saturated rings. The highest BCUT2D eigenvalue weighted by atomic mass is 15.2. The van der Waals surface area contributed by atoms with Gasteiger partial charge in [-0.3, -0.25) is 4.90 Å². The van der Waals surface area contributed by atoms with Gasteiger partial charge in [0, 0.05) is 19.0 Å². The van der Waals surface area contributed by atoms with Gasteiger partial charge in [0.2, 0.25) is 0 Å². The molecule has 1 nitrogen and oxygen atoms in total. The normalized spacial score (nSPS) is 36.1. The quantitative estimate of drug-likeness (QED) is 0.506. The third kappa shape index (κ3) is 2.55. The van der Waals surface area contributed by atoms with Gasteiger partial charge >= 0.3 is 0 Å². The highest BCUT2D eigenvalue weighted by Crippen LogP contribution is 2.35. The number of hydrogen-bond donors (Lipinski definition) is 0. The van der Waals surface area contributed by atoms with E-state index in [1.54, 1.807) is 0 Å². The summed E-state index contributed by atoms with van der Waals surface area (Å²) in [6.07, 6.45) is 13.1. The van der Waals surface area contributed by atoms with Crippen molar-refractivity contribution in [2.24, 2.45) is 11.8 Å². The van der Waals surface area contributed by atoms with Crippen molar-refractivity contribution in [3.8, 4) is 12.3 Å². The Kier molecular flexibility index (Phi) is 3.70. The van der Waals surface area contributed by atoms with Crippen LogP contribution < -0.4 is 0 Å². The molecule has 3 atom stereocenters. The molecule has 0 aliphatic carbocycles. The highest BCUT2D eigenvalue weighted by molar-refractivity contribution is 4.91. The molecule has 0 bridgehead atoms. The third-order valence-electron chi connectivity index (χ3n) is 4.20. The number of fused-ring (bicyclic) bond motifs is 1. The molecule has 84 valence electrons. The topological polar surface area (TPSA) is 3.24 Å². The summed E-state index contributed by atoms with van der Waals surface area (Å²) >= 11 is 0. The van der Waals surface area contributed by atoms with Gasteiger partial charge in [0.25, 0.3) is 0 Å². The van der Waals surface area contributed by atoms with E-state index in [9.17, 15) is 0 Å². The van der Waals surface area contributed by atoms with E-state index >= 15 is 0 Å². The van der Waals surface area contributed by atoms with E-state index in [1.165, 1.54) is 45.2 Å². The highest BCUT2D eigenvalue weighted by Gasteiger charge is 2.35. The van der Waals surface area contributed by atoms with Crippen LogP contribution in [0.25, 0.3) is 0 Å². The predicted molar refractivity (Wildman–Crippen MR) is 64.6 cm³/mol. The molecule has 2 heterocycles. The molecule has 1 heteroatoms.